The van der Waals surface area contributed by atoms with Crippen LogP contribution in [0.3, 0.4) is 0 Å². The number of para-hydroxylation sites is 1. The molecule has 2 aromatic carbocycles. The van der Waals surface area contributed by atoms with Crippen LogP contribution < -0.4 is 4.74 Å². The third kappa shape index (κ3) is 4.52. The van der Waals surface area contributed by atoms with E-state index in [1.165, 1.54) is 23.9 Å². The molecule has 2 saturated heterocycles. The third-order valence-corrected chi connectivity index (χ3v) is 8.44. The molecule has 2 aromatic rings. The number of carbonyl (C=O) groups excluding carboxylic acids is 1. The van der Waals surface area contributed by atoms with Gasteiger partial charge in [-0.15, -0.1) is 0 Å². The van der Waals surface area contributed by atoms with Gasteiger partial charge in [0.2, 0.25) is 0 Å². The first-order chi connectivity index (χ1) is 14.3. The van der Waals surface area contributed by atoms with Crippen LogP contribution in [-0.2, 0) is 27.6 Å². The van der Waals surface area contributed by atoms with Gasteiger partial charge in [0.25, 0.3) is 5.91 Å². The van der Waals surface area contributed by atoms with Crippen molar-refractivity contribution in [3.8, 4) is 5.75 Å². The molecule has 0 bridgehead atoms. The molecule has 2 aliphatic heterocycles. The Morgan fingerprint density at radius 1 is 1.20 bits per heavy atom. The molecule has 0 aliphatic carbocycles. The molecule has 9 heteroatoms. The van der Waals surface area contributed by atoms with Gasteiger partial charge in [-0.1, -0.05) is 42.1 Å². The second-order valence-corrected chi connectivity index (χ2v) is 10.7. The van der Waals surface area contributed by atoms with Gasteiger partial charge in [-0.25, -0.2) is 12.8 Å². The standard InChI is InChI=1S/C21H21FN2O4S2/c1-28-18-5-3-2-4-15(18)10-20(25)23-21-24(11-14-6-8-16(22)9-7-14)17-12-30(26,27)13-19(17)29-21/h2-9,17,19H,10-13H2,1H3/t17-,19+/m0/s1. The molecule has 6 nitrogen and oxygen atoms in total. The van der Waals surface area contributed by atoms with E-state index in [2.05, 4.69) is 4.99 Å². The van der Waals surface area contributed by atoms with Gasteiger partial charge in [0.15, 0.2) is 15.0 Å². The lowest BCUT2D eigenvalue weighted by atomic mass is 10.1. The van der Waals surface area contributed by atoms with Crippen molar-refractivity contribution in [3.05, 3.63) is 65.5 Å². The second-order valence-electron chi connectivity index (χ2n) is 7.33. The van der Waals surface area contributed by atoms with Gasteiger partial charge in [0.05, 0.1) is 31.1 Å². The molecule has 158 valence electrons. The zero-order valence-corrected chi connectivity index (χ0v) is 18.0. The van der Waals surface area contributed by atoms with Crippen molar-refractivity contribution in [1.82, 2.24) is 4.90 Å². The summed E-state index contributed by atoms with van der Waals surface area (Å²) >= 11 is 1.33. The van der Waals surface area contributed by atoms with Crippen LogP contribution in [0.25, 0.3) is 0 Å². The highest BCUT2D eigenvalue weighted by Crippen LogP contribution is 2.39. The van der Waals surface area contributed by atoms with Gasteiger partial charge in [0, 0.05) is 17.4 Å². The molecule has 0 radical (unpaired) electrons. The predicted octanol–water partition coefficient (Wildman–Crippen LogP) is 2.67. The fraction of sp³-hybridized carbons (Fsp3) is 0.333. The maximum absolute atomic E-state index is 13.3. The van der Waals surface area contributed by atoms with Gasteiger partial charge in [-0.2, -0.15) is 4.99 Å². The third-order valence-electron chi connectivity index (χ3n) is 5.20. The number of benzene rings is 2. The van der Waals surface area contributed by atoms with E-state index in [0.29, 0.717) is 17.5 Å². The summed E-state index contributed by atoms with van der Waals surface area (Å²) in [5, 5.41) is 0.359. The molecule has 4 rings (SSSR count). The molecule has 1 amide bonds. The molecule has 2 heterocycles. The fourth-order valence-electron chi connectivity index (χ4n) is 3.77. The number of nitrogens with zero attached hydrogens (tertiary/aromatic N) is 2. The van der Waals surface area contributed by atoms with E-state index in [1.807, 2.05) is 23.1 Å². The molecule has 0 saturated carbocycles. The fourth-order valence-corrected chi connectivity index (χ4v) is 7.73. The molecule has 0 spiro atoms. The summed E-state index contributed by atoms with van der Waals surface area (Å²) in [7, 11) is -1.58. The number of amides is 1. The molecule has 2 aliphatic rings. The van der Waals surface area contributed by atoms with Crippen LogP contribution in [0.2, 0.25) is 0 Å². The number of methoxy groups -OCH3 is 1. The number of hydrogen-bond acceptors (Lipinski definition) is 5. The summed E-state index contributed by atoms with van der Waals surface area (Å²) < 4.78 is 42.8. The van der Waals surface area contributed by atoms with Gasteiger partial charge < -0.3 is 9.64 Å². The van der Waals surface area contributed by atoms with Crippen molar-refractivity contribution < 1.29 is 22.3 Å². The number of rotatable bonds is 5. The van der Waals surface area contributed by atoms with Crippen molar-refractivity contribution in [2.45, 2.75) is 24.3 Å². The molecule has 2 fully saturated rings. The van der Waals surface area contributed by atoms with Gasteiger partial charge >= 0.3 is 0 Å². The van der Waals surface area contributed by atoms with E-state index in [1.54, 1.807) is 25.3 Å². The first kappa shape index (κ1) is 20.9. The van der Waals surface area contributed by atoms with Crippen molar-refractivity contribution in [2.24, 2.45) is 4.99 Å². The largest absolute Gasteiger partial charge is 0.496 e. The minimum Gasteiger partial charge on any atom is -0.496 e. The Bertz CT molecular complexity index is 1090. The molecule has 30 heavy (non-hydrogen) atoms. The van der Waals surface area contributed by atoms with E-state index in [0.717, 1.165) is 11.1 Å². The Morgan fingerprint density at radius 2 is 1.93 bits per heavy atom. The Morgan fingerprint density at radius 3 is 2.67 bits per heavy atom. The van der Waals surface area contributed by atoms with Crippen LogP contribution in [-0.4, -0.2) is 54.3 Å². The highest BCUT2D eigenvalue weighted by atomic mass is 32.2. The van der Waals surface area contributed by atoms with Crippen LogP contribution >= 0.6 is 11.8 Å². The quantitative estimate of drug-likeness (QED) is 0.700. The summed E-state index contributed by atoms with van der Waals surface area (Å²) in [6.07, 6.45) is 0.0894. The van der Waals surface area contributed by atoms with Crippen LogP contribution in [0.5, 0.6) is 5.75 Å². The molecular formula is C21H21FN2O4S2. The summed E-state index contributed by atoms with van der Waals surface area (Å²) in [4.78, 5) is 18.9. The molecular weight excluding hydrogens is 427 g/mol. The monoisotopic (exact) mass is 448 g/mol. The van der Waals surface area contributed by atoms with Gasteiger partial charge in [-0.3, -0.25) is 4.79 Å². The van der Waals surface area contributed by atoms with E-state index in [4.69, 9.17) is 4.74 Å². The average molecular weight is 449 g/mol. The summed E-state index contributed by atoms with van der Waals surface area (Å²) in [6, 6.07) is 13.1. The maximum Gasteiger partial charge on any atom is 0.252 e. The minimum atomic E-state index is -3.13. The van der Waals surface area contributed by atoms with Crippen molar-refractivity contribution >= 4 is 32.7 Å². The number of amidine groups is 1. The predicted molar refractivity (Wildman–Crippen MR) is 115 cm³/mol. The van der Waals surface area contributed by atoms with Crippen LogP contribution in [0.1, 0.15) is 11.1 Å². The summed E-state index contributed by atoms with van der Waals surface area (Å²) in [6.45, 7) is 0.366. The maximum atomic E-state index is 13.3. The Labute approximate surface area is 179 Å². The normalized spacial score (nSPS) is 23.5. The zero-order chi connectivity index (χ0) is 21.3. The second kappa shape index (κ2) is 8.39. The van der Waals surface area contributed by atoms with Crippen LogP contribution in [0, 0.1) is 5.82 Å². The lowest BCUT2D eigenvalue weighted by molar-refractivity contribution is -0.117. The van der Waals surface area contributed by atoms with E-state index in [-0.39, 0.29) is 40.9 Å². The van der Waals surface area contributed by atoms with Crippen LogP contribution in [0.4, 0.5) is 4.39 Å². The van der Waals surface area contributed by atoms with E-state index in [9.17, 15) is 17.6 Å². The number of carbonyl (C=O) groups is 1. The Balaban J connectivity index is 1.58. The SMILES string of the molecule is COc1ccccc1CC(=O)N=C1S[C@@H]2CS(=O)(=O)C[C@@H]2N1Cc1ccc(F)cc1. The highest BCUT2D eigenvalue weighted by Gasteiger charge is 2.48. The number of ether oxygens (including phenoxy) is 1. The summed E-state index contributed by atoms with van der Waals surface area (Å²) in [5.41, 5.74) is 1.57. The first-order valence-electron chi connectivity index (χ1n) is 9.46. The summed E-state index contributed by atoms with van der Waals surface area (Å²) in [5.74, 6) is 0.0648. The Kier molecular flexibility index (Phi) is 5.84. The van der Waals surface area contributed by atoms with Crippen molar-refractivity contribution in [2.75, 3.05) is 18.6 Å². The van der Waals surface area contributed by atoms with Crippen molar-refractivity contribution in [3.63, 3.8) is 0 Å². The number of aliphatic imine (C=N–C) groups is 1. The number of halogens is 1. The lowest BCUT2D eigenvalue weighted by Crippen LogP contribution is -2.37. The van der Waals surface area contributed by atoms with Gasteiger partial charge in [-0.05, 0) is 23.8 Å². The highest BCUT2D eigenvalue weighted by molar-refractivity contribution is 8.15. The van der Waals surface area contributed by atoms with Gasteiger partial charge in [0.1, 0.15) is 11.6 Å². The van der Waals surface area contributed by atoms with E-state index < -0.39 is 9.84 Å². The number of hydrogen-bond donors (Lipinski definition) is 0. The van der Waals surface area contributed by atoms with Crippen molar-refractivity contribution in [1.29, 1.82) is 0 Å². The lowest BCUT2D eigenvalue weighted by Gasteiger charge is -2.24. The number of thioether (sulfide) groups is 1. The zero-order valence-electron chi connectivity index (χ0n) is 16.3. The minimum absolute atomic E-state index is 0.0333. The van der Waals surface area contributed by atoms with E-state index >= 15 is 0 Å². The first-order valence-corrected chi connectivity index (χ1v) is 12.2. The molecule has 0 N–H and O–H groups in total. The topological polar surface area (TPSA) is 76.0 Å². The molecule has 0 aromatic heterocycles. The Hall–Kier alpha value is -2.39. The average Bonchev–Trinajstić information content (AvgIpc) is 3.16. The molecule has 0 unspecified atom stereocenters. The smallest absolute Gasteiger partial charge is 0.252 e. The molecule has 2 atom stereocenters. The number of sulfone groups is 1. The number of fused-ring (bicyclic) bond motifs is 1. The van der Waals surface area contributed by atoms with Crippen LogP contribution in [0.15, 0.2) is 53.5 Å².